The van der Waals surface area contributed by atoms with Crippen LogP contribution in [0, 0.1) is 6.92 Å². The van der Waals surface area contributed by atoms with Gasteiger partial charge in [0.05, 0.1) is 11.3 Å². The largest absolute Gasteiger partial charge is 0.339 e. The monoisotopic (exact) mass is 426 g/mol. The summed E-state index contributed by atoms with van der Waals surface area (Å²) in [4.78, 5) is 19.4. The summed E-state index contributed by atoms with van der Waals surface area (Å²) in [6.45, 7) is 2.58. The molecule has 0 aliphatic carbocycles. The molecule has 1 aromatic heterocycles. The van der Waals surface area contributed by atoms with Crippen LogP contribution in [0.1, 0.15) is 17.3 Å². The Labute approximate surface area is 175 Å². The number of hydrogen-bond donors (Lipinski definition) is 0. The van der Waals surface area contributed by atoms with Crippen molar-refractivity contribution in [1.82, 2.24) is 19.3 Å². The van der Waals surface area contributed by atoms with Gasteiger partial charge in [-0.25, -0.2) is 8.42 Å². The third kappa shape index (κ3) is 4.12. The summed E-state index contributed by atoms with van der Waals surface area (Å²) in [6.07, 6.45) is 0.0248. The molecule has 0 radical (unpaired) electrons. The Kier molecular flexibility index (Phi) is 5.65. The summed E-state index contributed by atoms with van der Waals surface area (Å²) in [5, 5.41) is 3.76. The van der Waals surface area contributed by atoms with Crippen LogP contribution in [-0.2, 0) is 27.8 Å². The van der Waals surface area contributed by atoms with E-state index in [1.165, 1.54) is 16.4 Å². The minimum Gasteiger partial charge on any atom is -0.339 e. The van der Waals surface area contributed by atoms with Crippen molar-refractivity contribution < 1.29 is 17.7 Å². The summed E-state index contributed by atoms with van der Waals surface area (Å²) >= 11 is 0. The molecule has 9 heteroatoms. The van der Waals surface area contributed by atoms with Crippen LogP contribution in [0.25, 0.3) is 0 Å². The smallest absolute Gasteiger partial charge is 0.243 e. The third-order valence-corrected chi connectivity index (χ3v) is 6.96. The maximum Gasteiger partial charge on any atom is 0.243 e. The summed E-state index contributed by atoms with van der Waals surface area (Å²) < 4.78 is 33.0. The van der Waals surface area contributed by atoms with E-state index >= 15 is 0 Å². The molecule has 156 valence electrons. The summed E-state index contributed by atoms with van der Waals surface area (Å²) in [7, 11) is -3.86. The normalized spacial score (nSPS) is 18.0. The highest BCUT2D eigenvalue weighted by Crippen LogP contribution is 2.25. The number of carbonyl (C=O) groups excluding carboxylic acids is 1. The number of hydrogen-bond acceptors (Lipinski definition) is 6. The molecule has 8 nitrogen and oxygen atoms in total. The van der Waals surface area contributed by atoms with Crippen molar-refractivity contribution in [1.29, 1.82) is 0 Å². The topological polar surface area (TPSA) is 96.6 Å². The number of carbonyl (C=O) groups is 1. The maximum atomic E-state index is 13.4. The zero-order chi connectivity index (χ0) is 21.1. The highest BCUT2D eigenvalue weighted by molar-refractivity contribution is 7.89. The molecule has 3 aromatic rings. The van der Waals surface area contributed by atoms with Gasteiger partial charge in [-0.2, -0.15) is 9.29 Å². The minimum atomic E-state index is -3.86. The average molecular weight is 426 g/mol. The second-order valence-corrected chi connectivity index (χ2v) is 9.02. The van der Waals surface area contributed by atoms with Gasteiger partial charge < -0.3 is 9.42 Å². The Morgan fingerprint density at radius 2 is 1.70 bits per heavy atom. The van der Waals surface area contributed by atoms with Crippen molar-refractivity contribution in [3.63, 3.8) is 0 Å². The molecule has 0 bridgehead atoms. The SMILES string of the molecule is Cc1noc(CC2C(=O)N(Cc3ccccc3)CCN2S(=O)(=O)c2ccccc2)n1. The standard InChI is InChI=1S/C21H22N4O4S/c1-16-22-20(29-23-16)14-19-21(26)24(15-17-8-4-2-5-9-17)12-13-25(19)30(27,28)18-10-6-3-7-11-18/h2-11,19H,12-15H2,1H3. The van der Waals surface area contributed by atoms with Gasteiger partial charge in [0.2, 0.25) is 21.8 Å². The molecule has 0 saturated carbocycles. The third-order valence-electron chi connectivity index (χ3n) is 5.04. The molecule has 2 aromatic carbocycles. The van der Waals surface area contributed by atoms with Crippen molar-refractivity contribution in [2.45, 2.75) is 30.8 Å². The molecule has 1 saturated heterocycles. The van der Waals surface area contributed by atoms with E-state index in [4.69, 9.17) is 4.52 Å². The van der Waals surface area contributed by atoms with E-state index in [1.807, 2.05) is 30.3 Å². The van der Waals surface area contributed by atoms with Crippen LogP contribution >= 0.6 is 0 Å². The second-order valence-electron chi connectivity index (χ2n) is 7.13. The number of nitrogens with zero attached hydrogens (tertiary/aromatic N) is 4. The average Bonchev–Trinajstić information content (AvgIpc) is 3.17. The molecule has 1 aliphatic rings. The molecule has 1 amide bonds. The van der Waals surface area contributed by atoms with Gasteiger partial charge in [-0.15, -0.1) is 0 Å². The Morgan fingerprint density at radius 1 is 1.03 bits per heavy atom. The molecule has 1 aliphatic heterocycles. The molecule has 0 spiro atoms. The highest BCUT2D eigenvalue weighted by Gasteiger charge is 2.42. The van der Waals surface area contributed by atoms with Gasteiger partial charge in [0.1, 0.15) is 6.04 Å². The van der Waals surface area contributed by atoms with Gasteiger partial charge in [0, 0.05) is 19.6 Å². The quantitative estimate of drug-likeness (QED) is 0.598. The van der Waals surface area contributed by atoms with Crippen LogP contribution in [0.3, 0.4) is 0 Å². The van der Waals surface area contributed by atoms with E-state index in [0.717, 1.165) is 5.56 Å². The molecule has 1 unspecified atom stereocenters. The first-order chi connectivity index (χ1) is 14.4. The number of aromatic nitrogens is 2. The first kappa shape index (κ1) is 20.2. The van der Waals surface area contributed by atoms with E-state index in [2.05, 4.69) is 10.1 Å². The Bertz CT molecular complexity index is 1120. The molecule has 4 rings (SSSR count). The lowest BCUT2D eigenvalue weighted by Crippen LogP contribution is -2.59. The Morgan fingerprint density at radius 3 is 2.33 bits per heavy atom. The van der Waals surface area contributed by atoms with E-state index in [-0.39, 0.29) is 29.7 Å². The van der Waals surface area contributed by atoms with Crippen molar-refractivity contribution in [2.24, 2.45) is 0 Å². The van der Waals surface area contributed by atoms with Crippen LogP contribution in [0.15, 0.2) is 70.1 Å². The fourth-order valence-corrected chi connectivity index (χ4v) is 5.17. The fraction of sp³-hybridized carbons (Fsp3) is 0.286. The van der Waals surface area contributed by atoms with E-state index in [9.17, 15) is 13.2 Å². The van der Waals surface area contributed by atoms with Crippen LogP contribution in [0.5, 0.6) is 0 Å². The molecule has 1 fully saturated rings. The number of benzene rings is 2. The summed E-state index contributed by atoms with van der Waals surface area (Å²) in [5.41, 5.74) is 0.984. The maximum absolute atomic E-state index is 13.4. The molecule has 2 heterocycles. The fourth-order valence-electron chi connectivity index (χ4n) is 3.57. The summed E-state index contributed by atoms with van der Waals surface area (Å²) in [6, 6.07) is 16.8. The van der Waals surface area contributed by atoms with Gasteiger partial charge in [-0.1, -0.05) is 53.7 Å². The van der Waals surface area contributed by atoms with E-state index < -0.39 is 16.1 Å². The van der Waals surface area contributed by atoms with Crippen molar-refractivity contribution in [2.75, 3.05) is 13.1 Å². The number of piperazine rings is 1. The lowest BCUT2D eigenvalue weighted by molar-refractivity contribution is -0.139. The molecule has 0 N–H and O–H groups in total. The minimum absolute atomic E-state index is 0.0248. The lowest BCUT2D eigenvalue weighted by atomic mass is 10.1. The van der Waals surface area contributed by atoms with Gasteiger partial charge in [0.15, 0.2) is 5.82 Å². The highest BCUT2D eigenvalue weighted by atomic mass is 32.2. The van der Waals surface area contributed by atoms with Crippen LogP contribution in [0.2, 0.25) is 0 Å². The number of rotatable bonds is 6. The molecule has 1 atom stereocenters. The van der Waals surface area contributed by atoms with Crippen LogP contribution in [0.4, 0.5) is 0 Å². The number of sulfonamides is 1. The Balaban J connectivity index is 1.65. The molecule has 30 heavy (non-hydrogen) atoms. The molecular formula is C21H22N4O4S. The first-order valence-electron chi connectivity index (χ1n) is 9.64. The summed E-state index contributed by atoms with van der Waals surface area (Å²) in [5.74, 6) is 0.396. The zero-order valence-corrected chi connectivity index (χ0v) is 17.3. The first-order valence-corrected chi connectivity index (χ1v) is 11.1. The number of aryl methyl sites for hydroxylation is 1. The van der Waals surface area contributed by atoms with Crippen molar-refractivity contribution >= 4 is 15.9 Å². The second kappa shape index (κ2) is 8.37. The predicted octanol–water partition coefficient (Wildman–Crippen LogP) is 2.02. The van der Waals surface area contributed by atoms with Crippen LogP contribution < -0.4 is 0 Å². The lowest BCUT2D eigenvalue weighted by Gasteiger charge is -2.39. The van der Waals surface area contributed by atoms with Crippen LogP contribution in [-0.4, -0.2) is 52.8 Å². The number of amides is 1. The van der Waals surface area contributed by atoms with Gasteiger partial charge in [-0.3, -0.25) is 4.79 Å². The van der Waals surface area contributed by atoms with Gasteiger partial charge >= 0.3 is 0 Å². The van der Waals surface area contributed by atoms with Gasteiger partial charge in [-0.05, 0) is 24.6 Å². The Hall–Kier alpha value is -3.04. The molecular weight excluding hydrogens is 404 g/mol. The van der Waals surface area contributed by atoms with E-state index in [0.29, 0.717) is 18.9 Å². The van der Waals surface area contributed by atoms with Crippen molar-refractivity contribution in [3.05, 3.63) is 77.9 Å². The van der Waals surface area contributed by atoms with Crippen molar-refractivity contribution in [3.8, 4) is 0 Å². The van der Waals surface area contributed by atoms with Gasteiger partial charge in [0.25, 0.3) is 0 Å². The predicted molar refractivity (Wildman–Crippen MR) is 109 cm³/mol. The zero-order valence-electron chi connectivity index (χ0n) is 16.5. The van der Waals surface area contributed by atoms with E-state index in [1.54, 1.807) is 30.0 Å².